The average molecular weight is 740 g/mol. The first-order valence-electron chi connectivity index (χ1n) is 18.2. The van der Waals surface area contributed by atoms with Crippen LogP contribution in [0.4, 0.5) is 28.4 Å². The number of para-hydroxylation sites is 1. The van der Waals surface area contributed by atoms with Crippen molar-refractivity contribution in [2.24, 2.45) is 39.3 Å². The number of amides is 4. The molecule has 2 aliphatic carbocycles. The molecule has 2 saturated heterocycles. The number of ether oxygens (including phenoxy) is 2. The Hall–Kier alpha value is -6.30. The lowest BCUT2D eigenvalue weighted by atomic mass is 9.51. The van der Waals surface area contributed by atoms with Crippen molar-refractivity contribution in [3.8, 4) is 17.2 Å². The largest absolute Gasteiger partial charge is 0.502 e. The summed E-state index contributed by atoms with van der Waals surface area (Å²) < 4.78 is 11.1. The highest BCUT2D eigenvalue weighted by Gasteiger charge is 2.67. The van der Waals surface area contributed by atoms with E-state index in [0.717, 1.165) is 11.3 Å². The Morgan fingerprint density at radius 1 is 0.745 bits per heavy atom. The van der Waals surface area contributed by atoms with Gasteiger partial charge in [0.1, 0.15) is 0 Å². The molecule has 280 valence electrons. The Balaban J connectivity index is 1.15. The zero-order valence-corrected chi connectivity index (χ0v) is 31.2. The van der Waals surface area contributed by atoms with Gasteiger partial charge in [0.2, 0.25) is 29.4 Å². The first kappa shape index (κ1) is 35.7. The molecule has 4 amide bonds. The molecule has 0 unspecified atom stereocenters. The van der Waals surface area contributed by atoms with Crippen LogP contribution in [-0.2, 0) is 19.2 Å². The third-order valence-corrected chi connectivity index (χ3v) is 11.9. The van der Waals surface area contributed by atoms with Gasteiger partial charge in [-0.3, -0.25) is 24.1 Å². The van der Waals surface area contributed by atoms with Crippen LogP contribution >= 0.6 is 0 Å². The number of allylic oxidation sites excluding steroid dienone is 2. The van der Waals surface area contributed by atoms with Crippen LogP contribution in [0.5, 0.6) is 17.2 Å². The predicted molar refractivity (Wildman–Crippen MR) is 206 cm³/mol. The van der Waals surface area contributed by atoms with Crippen LogP contribution in [0.15, 0.2) is 113 Å². The van der Waals surface area contributed by atoms with Crippen LogP contribution in [0.1, 0.15) is 31.2 Å². The first-order valence-corrected chi connectivity index (χ1v) is 18.2. The highest BCUT2D eigenvalue weighted by atomic mass is 16.5. The molecule has 0 aromatic heterocycles. The van der Waals surface area contributed by atoms with E-state index < -0.39 is 35.0 Å². The molecule has 55 heavy (non-hydrogen) atoms. The summed E-state index contributed by atoms with van der Waals surface area (Å²) >= 11 is 0. The van der Waals surface area contributed by atoms with Crippen LogP contribution in [0.25, 0.3) is 0 Å². The molecule has 12 heteroatoms. The number of imide groups is 2. The lowest BCUT2D eigenvalue weighted by molar-refractivity contribution is -0.131. The maximum atomic E-state index is 14.7. The lowest BCUT2D eigenvalue weighted by Gasteiger charge is -2.49. The van der Waals surface area contributed by atoms with Gasteiger partial charge in [0, 0.05) is 25.7 Å². The Labute approximate surface area is 318 Å². The smallest absolute Gasteiger partial charge is 0.241 e. The van der Waals surface area contributed by atoms with Crippen LogP contribution in [0.3, 0.4) is 0 Å². The number of fused-ring (bicyclic) bond motifs is 4. The minimum atomic E-state index is -1.26. The number of anilines is 3. The summed E-state index contributed by atoms with van der Waals surface area (Å²) in [4.78, 5) is 62.4. The van der Waals surface area contributed by atoms with E-state index >= 15 is 0 Å². The van der Waals surface area contributed by atoms with Crippen molar-refractivity contribution < 1.29 is 33.8 Å². The van der Waals surface area contributed by atoms with E-state index in [4.69, 9.17) is 9.47 Å². The minimum absolute atomic E-state index is 0.145. The molecule has 6 atom stereocenters. The predicted octanol–water partition coefficient (Wildman–Crippen LogP) is 7.33. The molecular weight excluding hydrogens is 699 g/mol. The third-order valence-electron chi connectivity index (χ3n) is 11.9. The number of benzene rings is 4. The van der Waals surface area contributed by atoms with Gasteiger partial charge < -0.3 is 19.5 Å². The number of hydrogen-bond acceptors (Lipinski definition) is 10. The van der Waals surface area contributed by atoms with Gasteiger partial charge in [-0.25, -0.2) is 4.90 Å². The zero-order chi connectivity index (χ0) is 38.8. The summed E-state index contributed by atoms with van der Waals surface area (Å²) in [6.45, 7) is 1.81. The van der Waals surface area contributed by atoms with Gasteiger partial charge in [-0.2, -0.15) is 10.2 Å². The van der Waals surface area contributed by atoms with Crippen LogP contribution in [-0.4, -0.2) is 57.1 Å². The number of carbonyl (C=O) groups excluding carboxylic acids is 4. The molecule has 1 saturated carbocycles. The number of nitrogens with zero attached hydrogens (tertiary/aromatic N) is 5. The van der Waals surface area contributed by atoms with Gasteiger partial charge in [0.25, 0.3) is 0 Å². The zero-order valence-electron chi connectivity index (χ0n) is 31.2. The van der Waals surface area contributed by atoms with E-state index in [2.05, 4.69) is 10.2 Å². The van der Waals surface area contributed by atoms with Gasteiger partial charge in [0.15, 0.2) is 11.5 Å². The van der Waals surface area contributed by atoms with Crippen molar-refractivity contribution in [3.05, 3.63) is 108 Å². The van der Waals surface area contributed by atoms with Crippen molar-refractivity contribution in [2.75, 3.05) is 43.0 Å². The fourth-order valence-electron chi connectivity index (χ4n) is 9.15. The number of rotatable bonds is 8. The number of phenolic OH excluding ortho intramolecular Hbond substituents is 1. The number of azo groups is 1. The van der Waals surface area contributed by atoms with Crippen molar-refractivity contribution in [3.63, 3.8) is 0 Å². The highest BCUT2D eigenvalue weighted by molar-refractivity contribution is 6.25. The summed E-state index contributed by atoms with van der Waals surface area (Å²) in [5, 5.41) is 19.5. The molecule has 3 fully saturated rings. The summed E-state index contributed by atoms with van der Waals surface area (Å²) in [5.41, 5.74) is 3.31. The molecule has 2 heterocycles. The number of aromatic hydroxyl groups is 1. The Bertz CT molecular complexity index is 2250. The van der Waals surface area contributed by atoms with E-state index in [1.807, 2.05) is 62.3 Å². The molecule has 0 bridgehead atoms. The van der Waals surface area contributed by atoms with Crippen molar-refractivity contribution in [2.45, 2.75) is 25.7 Å². The monoisotopic (exact) mass is 739 g/mol. The van der Waals surface area contributed by atoms with Gasteiger partial charge in [-0.05, 0) is 104 Å². The SMILES string of the molecule is COc1cc([C@H]2C3=CC[C@@H]4C(=O)N(c5ccc(N=Nc6ccc(N(C)C)cc6)cc5)C(=O)[C@@H]4[C@@H]3C[C@H]3C(=O)N(c4ccccc4)C(=O)[C@@]23C)cc(OC)c1O. The van der Waals surface area contributed by atoms with Gasteiger partial charge in [-0.15, -0.1) is 0 Å². The van der Waals surface area contributed by atoms with Gasteiger partial charge in [-0.1, -0.05) is 29.8 Å². The molecule has 0 spiro atoms. The second-order valence-electron chi connectivity index (χ2n) is 14.9. The lowest BCUT2D eigenvalue weighted by Crippen LogP contribution is -2.48. The molecule has 12 nitrogen and oxygen atoms in total. The summed E-state index contributed by atoms with van der Waals surface area (Å²) in [6, 6.07) is 26.6. The van der Waals surface area contributed by atoms with Gasteiger partial charge >= 0.3 is 0 Å². The standard InChI is InChI=1S/C43H41N5O7/c1-43-33(40(51)48(42(43)53)28-9-7-6-8-10-28)23-32-30(37(43)24-21-34(54-4)38(49)35(22-24)55-5)19-20-31-36(32)41(52)47(39(31)50)29-17-13-26(14-18-29)45-44-25-11-15-27(16-12-25)46(2)3/h6-19,21-22,31-33,36-37,49H,20,23H2,1-5H3/t31-,32+,33-,36-,37-,43+/m0/s1. The fraction of sp³-hybridized carbons (Fsp3) is 0.302. The molecule has 4 aromatic rings. The number of methoxy groups -OCH3 is 2. The fourth-order valence-corrected chi connectivity index (χ4v) is 9.15. The van der Waals surface area contributed by atoms with E-state index in [-0.39, 0.29) is 53.7 Å². The Morgan fingerprint density at radius 3 is 1.91 bits per heavy atom. The van der Waals surface area contributed by atoms with Crippen molar-refractivity contribution in [1.29, 1.82) is 0 Å². The third kappa shape index (κ3) is 5.57. The van der Waals surface area contributed by atoms with E-state index in [9.17, 15) is 24.3 Å². The molecule has 0 radical (unpaired) electrons. The van der Waals surface area contributed by atoms with Crippen LogP contribution in [0, 0.1) is 29.1 Å². The van der Waals surface area contributed by atoms with Crippen molar-refractivity contribution >= 4 is 52.1 Å². The first-order chi connectivity index (χ1) is 26.5. The van der Waals surface area contributed by atoms with Crippen LogP contribution in [0.2, 0.25) is 0 Å². The summed E-state index contributed by atoms with van der Waals surface area (Å²) in [5.74, 6) is -4.69. The second-order valence-corrected chi connectivity index (χ2v) is 14.9. The Kier molecular flexibility index (Phi) is 8.78. The van der Waals surface area contributed by atoms with E-state index in [1.54, 1.807) is 60.7 Å². The highest BCUT2D eigenvalue weighted by Crippen LogP contribution is 2.64. The topological polar surface area (TPSA) is 141 Å². The van der Waals surface area contributed by atoms with Crippen molar-refractivity contribution in [1.82, 2.24) is 0 Å². The maximum Gasteiger partial charge on any atom is 0.241 e. The van der Waals surface area contributed by atoms with E-state index in [1.165, 1.54) is 24.0 Å². The average Bonchev–Trinajstić information content (AvgIpc) is 3.57. The minimum Gasteiger partial charge on any atom is -0.502 e. The molecule has 2 aliphatic heterocycles. The number of hydrogen-bond donors (Lipinski definition) is 1. The summed E-state index contributed by atoms with van der Waals surface area (Å²) in [6.07, 6.45) is 2.47. The number of carbonyl (C=O) groups is 4. The number of phenols is 1. The van der Waals surface area contributed by atoms with E-state index in [0.29, 0.717) is 28.3 Å². The molecule has 1 N–H and O–H groups in total. The Morgan fingerprint density at radius 2 is 1.33 bits per heavy atom. The molecule has 4 aliphatic rings. The normalized spacial score (nSPS) is 25.8. The van der Waals surface area contributed by atoms with Crippen LogP contribution < -0.4 is 24.2 Å². The molecule has 8 rings (SSSR count). The molecular formula is C43H41N5O7. The summed E-state index contributed by atoms with van der Waals surface area (Å²) in [7, 11) is 6.78. The van der Waals surface area contributed by atoms with Gasteiger partial charge in [0.05, 0.1) is 60.1 Å². The second kappa shape index (κ2) is 13.5. The maximum absolute atomic E-state index is 14.7. The quantitative estimate of drug-likeness (QED) is 0.113. The molecule has 4 aromatic carbocycles.